The molecule has 0 radical (unpaired) electrons. The number of rotatable bonds is 9. The number of halogens is 1. The van der Waals surface area contributed by atoms with Gasteiger partial charge in [0, 0.05) is 42.8 Å². The summed E-state index contributed by atoms with van der Waals surface area (Å²) in [7, 11) is 0. The van der Waals surface area contributed by atoms with Crippen LogP contribution in [0.15, 0.2) is 61.7 Å². The Bertz CT molecular complexity index is 1270. The molecule has 0 bridgehead atoms. The summed E-state index contributed by atoms with van der Waals surface area (Å²) in [6, 6.07) is 7.78. The van der Waals surface area contributed by atoms with E-state index >= 15 is 0 Å². The number of morpholine rings is 1. The molecule has 1 aliphatic heterocycles. The lowest BCUT2D eigenvalue weighted by Crippen LogP contribution is -2.43. The average Bonchev–Trinajstić information content (AvgIpc) is 2.90. The summed E-state index contributed by atoms with van der Waals surface area (Å²) in [6.45, 7) is 9.99. The number of carbonyl (C=O) groups excluding carboxylic acids is 1. The minimum absolute atomic E-state index is 0.112. The number of hydrogen-bond acceptors (Lipinski definition) is 7. The largest absolute Gasteiger partial charge is 0.486 e. The second-order valence-electron chi connectivity index (χ2n) is 8.18. The van der Waals surface area contributed by atoms with Crippen molar-refractivity contribution in [3.8, 4) is 11.5 Å². The van der Waals surface area contributed by atoms with Gasteiger partial charge in [-0.3, -0.25) is 9.78 Å². The van der Waals surface area contributed by atoms with Gasteiger partial charge in [-0.15, -0.1) is 0 Å². The Morgan fingerprint density at radius 1 is 1.25 bits per heavy atom. The van der Waals surface area contributed by atoms with E-state index in [1.807, 2.05) is 55.3 Å². The predicted molar refractivity (Wildman–Crippen MR) is 140 cm³/mol. The van der Waals surface area contributed by atoms with Gasteiger partial charge in [0.2, 0.25) is 0 Å². The van der Waals surface area contributed by atoms with Gasteiger partial charge in [-0.05, 0) is 26.0 Å². The van der Waals surface area contributed by atoms with E-state index in [0.29, 0.717) is 48.4 Å². The summed E-state index contributed by atoms with van der Waals surface area (Å²) >= 11 is 6.45. The maximum atomic E-state index is 12.5. The molecular weight excluding hydrogens is 480 g/mol. The maximum absolute atomic E-state index is 12.5. The highest BCUT2D eigenvalue weighted by atomic mass is 35.5. The van der Waals surface area contributed by atoms with E-state index in [1.165, 1.54) is 6.20 Å². The number of aryl methyl sites for hydroxylation is 1. The van der Waals surface area contributed by atoms with E-state index in [9.17, 15) is 4.79 Å². The first-order chi connectivity index (χ1) is 17.5. The maximum Gasteiger partial charge on any atom is 0.260 e. The lowest BCUT2D eigenvalue weighted by Gasteiger charge is -2.26. The number of carbonyl (C=O) groups is 1. The number of nitrogens with zero attached hydrogens (tertiary/aromatic N) is 4. The highest BCUT2D eigenvalue weighted by Crippen LogP contribution is 2.34. The molecule has 0 unspecified atom stereocenters. The summed E-state index contributed by atoms with van der Waals surface area (Å²) in [5.74, 6) is 0.893. The second-order valence-corrected chi connectivity index (χ2v) is 8.58. The van der Waals surface area contributed by atoms with Crippen molar-refractivity contribution in [2.24, 2.45) is 0 Å². The van der Waals surface area contributed by atoms with Crippen molar-refractivity contribution >= 4 is 34.1 Å². The number of fused-ring (bicyclic) bond motifs is 1. The second kappa shape index (κ2) is 11.9. The summed E-state index contributed by atoms with van der Waals surface area (Å²) in [6.07, 6.45) is 8.70. The van der Waals surface area contributed by atoms with Gasteiger partial charge in [0.05, 0.1) is 35.7 Å². The van der Waals surface area contributed by atoms with Crippen molar-refractivity contribution < 1.29 is 19.0 Å². The Kier molecular flexibility index (Phi) is 8.40. The molecule has 1 saturated heterocycles. The first-order valence-electron chi connectivity index (χ1n) is 11.7. The van der Waals surface area contributed by atoms with Crippen LogP contribution in [0.2, 0.25) is 5.02 Å². The Hall–Kier alpha value is -3.62. The third-order valence-electron chi connectivity index (χ3n) is 5.75. The molecule has 0 spiro atoms. The van der Waals surface area contributed by atoms with Gasteiger partial charge in [0.25, 0.3) is 5.91 Å². The Morgan fingerprint density at radius 2 is 2.06 bits per heavy atom. The minimum atomic E-state index is -0.115. The van der Waals surface area contributed by atoms with Crippen molar-refractivity contribution in [1.82, 2.24) is 14.9 Å². The third kappa shape index (κ3) is 5.78. The molecule has 1 fully saturated rings. The van der Waals surface area contributed by atoms with Crippen LogP contribution in [-0.2, 0) is 16.1 Å². The number of allylic oxidation sites excluding steroid dienone is 1. The first kappa shape index (κ1) is 25.5. The third-order valence-corrected chi connectivity index (χ3v) is 6.07. The van der Waals surface area contributed by atoms with Gasteiger partial charge in [0.15, 0.2) is 6.61 Å². The molecule has 0 saturated carbocycles. The number of ether oxygens (including phenoxy) is 3. The first-order valence-corrected chi connectivity index (χ1v) is 12.1. The van der Waals surface area contributed by atoms with Crippen LogP contribution >= 0.6 is 11.6 Å². The summed E-state index contributed by atoms with van der Waals surface area (Å²) in [5.41, 5.74) is 3.12. The molecule has 4 rings (SSSR count). The van der Waals surface area contributed by atoms with Crippen LogP contribution in [-0.4, -0.2) is 53.7 Å². The van der Waals surface area contributed by atoms with Crippen LogP contribution in [0.5, 0.6) is 11.5 Å². The molecule has 9 heteroatoms. The minimum Gasteiger partial charge on any atom is -0.486 e. The van der Waals surface area contributed by atoms with Crippen molar-refractivity contribution in [3.05, 3.63) is 78.0 Å². The number of amides is 1. The number of benzene rings is 1. The average molecular weight is 509 g/mol. The fourth-order valence-corrected chi connectivity index (χ4v) is 4.16. The Balaban J connectivity index is 1.56. The van der Waals surface area contributed by atoms with Gasteiger partial charge in [-0.2, -0.15) is 0 Å². The fraction of sp³-hybridized carbons (Fsp3) is 0.296. The molecule has 0 atom stereocenters. The van der Waals surface area contributed by atoms with Crippen molar-refractivity contribution in [1.29, 1.82) is 0 Å². The van der Waals surface area contributed by atoms with Crippen molar-refractivity contribution in [2.75, 3.05) is 37.8 Å². The van der Waals surface area contributed by atoms with Gasteiger partial charge >= 0.3 is 0 Å². The van der Waals surface area contributed by atoms with E-state index < -0.39 is 0 Å². The lowest BCUT2D eigenvalue weighted by molar-refractivity contribution is -0.137. The Morgan fingerprint density at radius 3 is 2.81 bits per heavy atom. The molecule has 1 amide bonds. The normalized spacial score (nSPS) is 13.7. The number of hydrogen-bond donors (Lipinski definition) is 0. The Labute approximate surface area is 215 Å². The predicted octanol–water partition coefficient (Wildman–Crippen LogP) is 4.89. The summed E-state index contributed by atoms with van der Waals surface area (Å²) in [5, 5.41) is 1.31. The van der Waals surface area contributed by atoms with Crippen molar-refractivity contribution in [2.45, 2.75) is 20.5 Å². The molecule has 36 heavy (non-hydrogen) atoms. The van der Waals surface area contributed by atoms with Crippen LogP contribution < -0.4 is 14.4 Å². The molecule has 1 aliphatic rings. The standard InChI is InChI=1S/C27H29ClN4O4/c1-4-9-31(5-2)23-14-19(3)30-27-20(23)7-6-8-24(27)35-17-21-22(28)15-29-16-25(21)36-18-26(33)32-10-12-34-13-11-32/h4-9,14-16H,2,10-13,17-18H2,1,3H3/b9-4-. The van der Waals surface area contributed by atoms with Gasteiger partial charge in [-0.25, -0.2) is 4.98 Å². The van der Waals surface area contributed by atoms with Gasteiger partial charge < -0.3 is 24.0 Å². The molecule has 2 aromatic heterocycles. The molecule has 0 N–H and O–H groups in total. The van der Waals surface area contributed by atoms with E-state index in [2.05, 4.69) is 11.6 Å². The molecule has 8 nitrogen and oxygen atoms in total. The number of anilines is 1. The molecule has 0 aliphatic carbocycles. The quantitative estimate of drug-likeness (QED) is 0.407. The van der Waals surface area contributed by atoms with Crippen LogP contribution in [0, 0.1) is 6.92 Å². The summed E-state index contributed by atoms with van der Waals surface area (Å²) < 4.78 is 17.3. The molecular formula is C27H29ClN4O4. The number of para-hydroxylation sites is 1. The van der Waals surface area contributed by atoms with Crippen LogP contribution in [0.4, 0.5) is 5.69 Å². The topological polar surface area (TPSA) is 77.0 Å². The zero-order valence-electron chi connectivity index (χ0n) is 20.4. The van der Waals surface area contributed by atoms with Gasteiger partial charge in [-0.1, -0.05) is 36.4 Å². The molecule has 188 valence electrons. The molecule has 1 aromatic carbocycles. The monoisotopic (exact) mass is 508 g/mol. The van der Waals surface area contributed by atoms with E-state index in [4.69, 9.17) is 30.8 Å². The molecule has 3 heterocycles. The van der Waals surface area contributed by atoms with Crippen molar-refractivity contribution in [3.63, 3.8) is 0 Å². The summed E-state index contributed by atoms with van der Waals surface area (Å²) in [4.78, 5) is 25.0. The lowest BCUT2D eigenvalue weighted by atomic mass is 10.1. The van der Waals surface area contributed by atoms with Crippen LogP contribution in [0.3, 0.4) is 0 Å². The van der Waals surface area contributed by atoms with Crippen LogP contribution in [0.25, 0.3) is 10.9 Å². The number of aromatic nitrogens is 2. The highest BCUT2D eigenvalue weighted by Gasteiger charge is 2.19. The zero-order chi connectivity index (χ0) is 25.5. The zero-order valence-corrected chi connectivity index (χ0v) is 21.2. The highest BCUT2D eigenvalue weighted by molar-refractivity contribution is 6.31. The van der Waals surface area contributed by atoms with E-state index in [1.54, 1.807) is 17.3 Å². The fourth-order valence-electron chi connectivity index (χ4n) is 3.96. The number of pyridine rings is 2. The van der Waals surface area contributed by atoms with Crippen LogP contribution in [0.1, 0.15) is 18.2 Å². The van der Waals surface area contributed by atoms with E-state index in [0.717, 1.165) is 22.3 Å². The SMILES string of the molecule is C=CN(/C=C\C)c1cc(C)nc2c(OCc3c(Cl)cncc3OCC(=O)N3CCOCC3)cccc12. The van der Waals surface area contributed by atoms with E-state index in [-0.39, 0.29) is 19.1 Å². The molecule has 3 aromatic rings. The smallest absolute Gasteiger partial charge is 0.260 e. The van der Waals surface area contributed by atoms with Gasteiger partial charge in [0.1, 0.15) is 23.6 Å².